The Morgan fingerprint density at radius 3 is 2.27 bits per heavy atom. The minimum Gasteiger partial charge on any atom is -0.366 e. The molecule has 1 saturated heterocycles. The number of para-hydroxylation sites is 1. The van der Waals surface area contributed by atoms with Gasteiger partial charge in [0.2, 0.25) is 17.7 Å². The fourth-order valence-electron chi connectivity index (χ4n) is 2.81. The molecule has 1 aliphatic heterocycles. The first-order chi connectivity index (χ1) is 14.4. The smallest absolute Gasteiger partial charge is 0.248 e. The van der Waals surface area contributed by atoms with Crippen LogP contribution in [0.5, 0.6) is 0 Å². The van der Waals surface area contributed by atoms with Gasteiger partial charge in [0.15, 0.2) is 5.57 Å². The number of amides is 3. The molecule has 30 heavy (non-hydrogen) atoms. The third kappa shape index (κ3) is 4.32. The van der Waals surface area contributed by atoms with Crippen LogP contribution in [-0.2, 0) is 9.59 Å². The predicted octanol–water partition coefficient (Wildman–Crippen LogP) is 2.52. The molecule has 3 amide bonds. The van der Waals surface area contributed by atoms with Gasteiger partial charge in [0, 0.05) is 17.7 Å². The van der Waals surface area contributed by atoms with Crippen LogP contribution in [0.25, 0.3) is 0 Å². The van der Waals surface area contributed by atoms with Gasteiger partial charge in [-0.25, -0.2) is 4.90 Å². The SMILES string of the molecule is N#CC(C#N)=C(Nc1ccccc1)SC1CC(=O)N(c2ccc(C(N)=O)cc2)C1=O. The summed E-state index contributed by atoms with van der Waals surface area (Å²) in [7, 11) is 0. The zero-order chi connectivity index (χ0) is 21.7. The van der Waals surface area contributed by atoms with E-state index < -0.39 is 23.0 Å². The molecule has 1 atom stereocenters. The first-order valence-electron chi connectivity index (χ1n) is 8.74. The van der Waals surface area contributed by atoms with Crippen LogP contribution >= 0.6 is 11.8 Å². The van der Waals surface area contributed by atoms with Gasteiger partial charge >= 0.3 is 0 Å². The highest BCUT2D eigenvalue weighted by molar-refractivity contribution is 8.04. The number of thioether (sulfide) groups is 1. The van der Waals surface area contributed by atoms with Crippen molar-refractivity contribution in [1.29, 1.82) is 10.5 Å². The van der Waals surface area contributed by atoms with Crippen LogP contribution in [0.4, 0.5) is 11.4 Å². The van der Waals surface area contributed by atoms with Crippen LogP contribution in [-0.4, -0.2) is 23.0 Å². The van der Waals surface area contributed by atoms with Crippen molar-refractivity contribution in [3.8, 4) is 12.1 Å². The van der Waals surface area contributed by atoms with Crippen LogP contribution in [0, 0.1) is 22.7 Å². The molecule has 0 saturated carbocycles. The zero-order valence-corrected chi connectivity index (χ0v) is 16.3. The summed E-state index contributed by atoms with van der Waals surface area (Å²) in [6, 6.07) is 18.3. The molecular formula is C21H15N5O3S. The Hall–Kier alpha value is -4.08. The number of nitrogens with one attached hydrogen (secondary N) is 1. The number of nitrogens with zero attached hydrogens (tertiary/aromatic N) is 3. The van der Waals surface area contributed by atoms with E-state index in [9.17, 15) is 24.9 Å². The molecule has 148 valence electrons. The second-order valence-corrected chi connectivity index (χ2v) is 7.42. The number of nitriles is 2. The fourth-order valence-corrected chi connectivity index (χ4v) is 3.92. The van der Waals surface area contributed by atoms with Crippen LogP contribution in [0.1, 0.15) is 16.8 Å². The van der Waals surface area contributed by atoms with Crippen molar-refractivity contribution in [3.63, 3.8) is 0 Å². The van der Waals surface area contributed by atoms with Crippen molar-refractivity contribution in [1.82, 2.24) is 0 Å². The molecule has 2 aromatic rings. The summed E-state index contributed by atoms with van der Waals surface area (Å²) in [5.41, 5.74) is 6.24. The lowest BCUT2D eigenvalue weighted by atomic mass is 10.2. The van der Waals surface area contributed by atoms with E-state index in [0.29, 0.717) is 11.4 Å². The number of rotatable bonds is 6. The average molecular weight is 417 g/mol. The molecule has 0 bridgehead atoms. The summed E-state index contributed by atoms with van der Waals surface area (Å²) in [5, 5.41) is 20.9. The summed E-state index contributed by atoms with van der Waals surface area (Å²) in [6.07, 6.45) is -0.0921. The molecule has 0 spiro atoms. The molecule has 2 aromatic carbocycles. The topological polar surface area (TPSA) is 140 Å². The Kier molecular flexibility index (Phi) is 6.16. The van der Waals surface area contributed by atoms with E-state index >= 15 is 0 Å². The lowest BCUT2D eigenvalue weighted by Gasteiger charge is -2.16. The minimum absolute atomic E-state index is 0.0921. The Morgan fingerprint density at radius 2 is 1.70 bits per heavy atom. The van der Waals surface area contributed by atoms with Gasteiger partial charge in [-0.1, -0.05) is 30.0 Å². The first-order valence-corrected chi connectivity index (χ1v) is 9.62. The molecule has 1 aliphatic rings. The number of anilines is 2. The van der Waals surface area contributed by atoms with E-state index in [1.54, 1.807) is 24.3 Å². The molecule has 9 heteroatoms. The van der Waals surface area contributed by atoms with Gasteiger partial charge in [-0.2, -0.15) is 10.5 Å². The summed E-state index contributed by atoms with van der Waals surface area (Å²) >= 11 is 0.960. The predicted molar refractivity (Wildman–Crippen MR) is 112 cm³/mol. The van der Waals surface area contributed by atoms with Gasteiger partial charge in [0.25, 0.3) is 0 Å². The Bertz CT molecular complexity index is 1100. The van der Waals surface area contributed by atoms with Crippen LogP contribution in [0.15, 0.2) is 65.2 Å². The van der Waals surface area contributed by atoms with E-state index in [-0.39, 0.29) is 22.6 Å². The number of carbonyl (C=O) groups is 3. The molecule has 0 aromatic heterocycles. The van der Waals surface area contributed by atoms with E-state index in [4.69, 9.17) is 5.73 Å². The van der Waals surface area contributed by atoms with Crippen molar-refractivity contribution in [2.24, 2.45) is 5.73 Å². The second kappa shape index (κ2) is 8.95. The highest BCUT2D eigenvalue weighted by Crippen LogP contribution is 2.35. The van der Waals surface area contributed by atoms with Gasteiger partial charge in [0.1, 0.15) is 17.2 Å². The number of nitrogens with two attached hydrogens (primary N) is 1. The van der Waals surface area contributed by atoms with Crippen LogP contribution in [0.2, 0.25) is 0 Å². The normalized spacial score (nSPS) is 15.3. The number of benzene rings is 2. The Morgan fingerprint density at radius 1 is 1.07 bits per heavy atom. The Balaban J connectivity index is 1.84. The maximum Gasteiger partial charge on any atom is 0.248 e. The van der Waals surface area contributed by atoms with Crippen molar-refractivity contribution in [3.05, 3.63) is 70.8 Å². The minimum atomic E-state index is -0.809. The molecule has 1 heterocycles. The summed E-state index contributed by atoms with van der Waals surface area (Å²) in [4.78, 5) is 37.6. The molecule has 1 unspecified atom stereocenters. The van der Waals surface area contributed by atoms with Crippen molar-refractivity contribution in [2.45, 2.75) is 11.7 Å². The molecule has 0 radical (unpaired) electrons. The van der Waals surface area contributed by atoms with Crippen molar-refractivity contribution >= 4 is 40.9 Å². The molecule has 0 aliphatic carbocycles. The second-order valence-electron chi connectivity index (χ2n) is 6.21. The first kappa shape index (κ1) is 20.6. The third-order valence-electron chi connectivity index (χ3n) is 4.26. The van der Waals surface area contributed by atoms with Crippen molar-refractivity contribution in [2.75, 3.05) is 10.2 Å². The average Bonchev–Trinajstić information content (AvgIpc) is 3.02. The lowest BCUT2D eigenvalue weighted by molar-refractivity contribution is -0.121. The summed E-state index contributed by atoms with van der Waals surface area (Å²) in [5.74, 6) is -1.50. The van der Waals surface area contributed by atoms with E-state index in [1.807, 2.05) is 18.2 Å². The standard InChI is InChI=1S/C21H15N5O3S/c22-11-14(12-23)20(25-15-4-2-1-3-5-15)30-17-10-18(27)26(21(17)29)16-8-6-13(7-9-16)19(24)28/h1-9,17,25H,10H2,(H2,24,28). The van der Waals surface area contributed by atoms with E-state index in [2.05, 4.69) is 5.32 Å². The van der Waals surface area contributed by atoms with E-state index in [0.717, 1.165) is 16.7 Å². The number of imide groups is 1. The number of primary amides is 1. The lowest BCUT2D eigenvalue weighted by Crippen LogP contribution is -2.31. The number of hydrogen-bond donors (Lipinski definition) is 2. The maximum atomic E-state index is 12.9. The summed E-state index contributed by atoms with van der Waals surface area (Å²) < 4.78 is 0. The molecule has 3 N–H and O–H groups in total. The Labute approximate surface area is 176 Å². The van der Waals surface area contributed by atoms with E-state index in [1.165, 1.54) is 24.3 Å². The number of hydrogen-bond acceptors (Lipinski definition) is 7. The number of allylic oxidation sites excluding steroid dienone is 1. The monoisotopic (exact) mass is 417 g/mol. The highest BCUT2D eigenvalue weighted by atomic mass is 32.2. The van der Waals surface area contributed by atoms with Crippen molar-refractivity contribution < 1.29 is 14.4 Å². The fraction of sp³-hybridized carbons (Fsp3) is 0.0952. The van der Waals surface area contributed by atoms with Gasteiger partial charge in [0.05, 0.1) is 10.9 Å². The highest BCUT2D eigenvalue weighted by Gasteiger charge is 2.41. The van der Waals surface area contributed by atoms with Gasteiger partial charge in [-0.05, 0) is 36.4 Å². The zero-order valence-electron chi connectivity index (χ0n) is 15.5. The maximum absolute atomic E-state index is 12.9. The van der Waals surface area contributed by atoms with Gasteiger partial charge < -0.3 is 11.1 Å². The molecular weight excluding hydrogens is 402 g/mol. The quantitative estimate of drug-likeness (QED) is 0.543. The van der Waals surface area contributed by atoms with Crippen LogP contribution < -0.4 is 16.0 Å². The van der Waals surface area contributed by atoms with Crippen LogP contribution in [0.3, 0.4) is 0 Å². The van der Waals surface area contributed by atoms with Gasteiger partial charge in [-0.3, -0.25) is 14.4 Å². The summed E-state index contributed by atoms with van der Waals surface area (Å²) in [6.45, 7) is 0. The number of carbonyl (C=O) groups excluding carboxylic acids is 3. The molecule has 8 nitrogen and oxygen atoms in total. The molecule has 1 fully saturated rings. The van der Waals surface area contributed by atoms with Gasteiger partial charge in [-0.15, -0.1) is 0 Å². The third-order valence-corrected chi connectivity index (χ3v) is 5.45. The molecule has 3 rings (SSSR count). The largest absolute Gasteiger partial charge is 0.366 e.